The van der Waals surface area contributed by atoms with Gasteiger partial charge in [0.1, 0.15) is 28.6 Å². The zero-order chi connectivity index (χ0) is 24.8. The molecule has 0 aromatic carbocycles. The molecule has 0 saturated carbocycles. The van der Waals surface area contributed by atoms with Crippen LogP contribution in [0.5, 0.6) is 5.75 Å². The Hall–Kier alpha value is -3.01. The first-order chi connectivity index (χ1) is 17.0. The standard InChI is InChI=1S/C23H27BrN6O5/c1-33-13-17(35-19-12-27-28-22(31)21(19)24)14-34-18-6-9-30(23(18)32)16-4-7-29(8-5-16)20-3-2-15(10-25)11-26-20/h2-3,11-12,16-18H,4-9,13-14H2,1H3,(H,28,31)/t17-,18-/m0/s1. The van der Waals surface area contributed by atoms with E-state index >= 15 is 0 Å². The number of pyridine rings is 1. The van der Waals surface area contributed by atoms with Gasteiger partial charge in [0.25, 0.3) is 11.5 Å². The van der Waals surface area contributed by atoms with Crippen molar-refractivity contribution in [3.05, 3.63) is 44.9 Å². The number of rotatable bonds is 9. The van der Waals surface area contributed by atoms with Gasteiger partial charge in [-0.05, 0) is 40.9 Å². The number of nitrogens with one attached hydrogen (secondary N) is 1. The number of H-pyrrole nitrogens is 1. The summed E-state index contributed by atoms with van der Waals surface area (Å²) in [6, 6.07) is 5.88. The Bertz CT molecular complexity index is 1110. The number of carbonyl (C=O) groups excluding carboxylic acids is 1. The Morgan fingerprint density at radius 3 is 2.69 bits per heavy atom. The predicted molar refractivity (Wildman–Crippen MR) is 129 cm³/mol. The maximum atomic E-state index is 13.1. The molecular formula is C23H27BrN6O5. The predicted octanol–water partition coefficient (Wildman–Crippen LogP) is 1.48. The number of aromatic nitrogens is 3. The molecular weight excluding hydrogens is 520 g/mol. The van der Waals surface area contributed by atoms with Gasteiger partial charge in [-0.3, -0.25) is 9.59 Å². The number of methoxy groups -OCH3 is 1. The van der Waals surface area contributed by atoms with E-state index in [4.69, 9.17) is 19.5 Å². The lowest BCUT2D eigenvalue weighted by molar-refractivity contribution is -0.141. The smallest absolute Gasteiger partial charge is 0.282 e. The zero-order valence-electron chi connectivity index (χ0n) is 19.4. The molecule has 12 heteroatoms. The molecule has 2 fully saturated rings. The molecule has 35 heavy (non-hydrogen) atoms. The van der Waals surface area contributed by atoms with Gasteiger partial charge in [0.2, 0.25) is 0 Å². The minimum atomic E-state index is -0.531. The molecule has 0 spiro atoms. The summed E-state index contributed by atoms with van der Waals surface area (Å²) in [7, 11) is 1.55. The van der Waals surface area contributed by atoms with Crippen molar-refractivity contribution in [2.45, 2.75) is 37.5 Å². The number of aromatic amines is 1. The fourth-order valence-corrected chi connectivity index (χ4v) is 4.68. The van der Waals surface area contributed by atoms with E-state index in [9.17, 15) is 9.59 Å². The molecule has 2 saturated heterocycles. The lowest BCUT2D eigenvalue weighted by Crippen LogP contribution is -2.47. The van der Waals surface area contributed by atoms with Crippen LogP contribution in [0.15, 0.2) is 33.8 Å². The number of anilines is 1. The number of nitriles is 1. The Morgan fingerprint density at radius 2 is 2.00 bits per heavy atom. The quantitative estimate of drug-likeness (QED) is 0.496. The normalized spacial score (nSPS) is 19.6. The topological polar surface area (TPSA) is 134 Å². The minimum Gasteiger partial charge on any atom is -0.483 e. The molecule has 0 unspecified atom stereocenters. The van der Waals surface area contributed by atoms with E-state index in [1.807, 2.05) is 11.0 Å². The number of hydrogen-bond acceptors (Lipinski definition) is 9. The van der Waals surface area contributed by atoms with E-state index in [-0.39, 0.29) is 35.4 Å². The molecule has 0 radical (unpaired) electrons. The van der Waals surface area contributed by atoms with Crippen molar-refractivity contribution in [2.24, 2.45) is 0 Å². The van der Waals surface area contributed by atoms with Gasteiger partial charge in [0.05, 0.1) is 25.0 Å². The van der Waals surface area contributed by atoms with Crippen LogP contribution in [0.4, 0.5) is 5.82 Å². The largest absolute Gasteiger partial charge is 0.483 e. The molecule has 4 heterocycles. The summed E-state index contributed by atoms with van der Waals surface area (Å²) in [5, 5.41) is 15.0. The highest BCUT2D eigenvalue weighted by Crippen LogP contribution is 2.26. The number of hydrogen-bond donors (Lipinski definition) is 1. The highest BCUT2D eigenvalue weighted by molar-refractivity contribution is 9.10. The Morgan fingerprint density at radius 1 is 1.20 bits per heavy atom. The average Bonchev–Trinajstić information content (AvgIpc) is 3.25. The van der Waals surface area contributed by atoms with Crippen LogP contribution < -0.4 is 15.2 Å². The molecule has 0 aliphatic carbocycles. The maximum absolute atomic E-state index is 13.1. The lowest BCUT2D eigenvalue weighted by Gasteiger charge is -2.37. The van der Waals surface area contributed by atoms with Gasteiger partial charge in [-0.1, -0.05) is 0 Å². The summed E-state index contributed by atoms with van der Waals surface area (Å²) < 4.78 is 17.2. The second kappa shape index (κ2) is 11.6. The van der Waals surface area contributed by atoms with Gasteiger partial charge in [0.15, 0.2) is 5.75 Å². The van der Waals surface area contributed by atoms with Crippen molar-refractivity contribution in [3.8, 4) is 11.8 Å². The van der Waals surface area contributed by atoms with Gasteiger partial charge in [-0.2, -0.15) is 10.4 Å². The first-order valence-electron chi connectivity index (χ1n) is 11.4. The van der Waals surface area contributed by atoms with Crippen LogP contribution in [0.25, 0.3) is 0 Å². The van der Waals surface area contributed by atoms with E-state index in [0.717, 1.165) is 31.7 Å². The number of nitrogens with zero attached hydrogens (tertiary/aromatic N) is 5. The van der Waals surface area contributed by atoms with Crippen LogP contribution >= 0.6 is 15.9 Å². The third-order valence-corrected chi connectivity index (χ3v) is 6.94. The first-order valence-corrected chi connectivity index (χ1v) is 12.2. The average molecular weight is 547 g/mol. The monoisotopic (exact) mass is 546 g/mol. The lowest BCUT2D eigenvalue weighted by atomic mass is 10.0. The van der Waals surface area contributed by atoms with E-state index < -0.39 is 17.8 Å². The second-order valence-electron chi connectivity index (χ2n) is 8.45. The van der Waals surface area contributed by atoms with Gasteiger partial charge in [-0.15, -0.1) is 0 Å². The number of likely N-dealkylation sites (tertiary alicyclic amines) is 1. The molecule has 4 rings (SSSR count). The highest BCUT2D eigenvalue weighted by atomic mass is 79.9. The fraction of sp³-hybridized carbons (Fsp3) is 0.522. The van der Waals surface area contributed by atoms with Crippen molar-refractivity contribution < 1.29 is 19.0 Å². The van der Waals surface area contributed by atoms with Crippen LogP contribution in [-0.4, -0.2) is 84.2 Å². The van der Waals surface area contributed by atoms with Crippen LogP contribution in [0.3, 0.4) is 0 Å². The Kier molecular flexibility index (Phi) is 8.33. The maximum Gasteiger partial charge on any atom is 0.282 e. The van der Waals surface area contributed by atoms with E-state index in [1.165, 1.54) is 6.20 Å². The Balaban J connectivity index is 1.28. The van der Waals surface area contributed by atoms with Crippen LogP contribution in [0.2, 0.25) is 0 Å². The summed E-state index contributed by atoms with van der Waals surface area (Å²) in [5.41, 5.74) is 0.138. The van der Waals surface area contributed by atoms with E-state index in [2.05, 4.69) is 42.1 Å². The molecule has 2 aliphatic heterocycles. The molecule has 2 aromatic rings. The molecule has 2 aliphatic rings. The number of piperidine rings is 1. The van der Waals surface area contributed by atoms with Crippen molar-refractivity contribution in [2.75, 3.05) is 44.9 Å². The fourth-order valence-electron chi connectivity index (χ4n) is 4.39. The molecule has 1 N–H and O–H groups in total. The van der Waals surface area contributed by atoms with E-state index in [1.54, 1.807) is 19.4 Å². The molecule has 2 aromatic heterocycles. The molecule has 2 atom stereocenters. The van der Waals surface area contributed by atoms with Crippen molar-refractivity contribution in [3.63, 3.8) is 0 Å². The second-order valence-corrected chi connectivity index (χ2v) is 9.24. The minimum absolute atomic E-state index is 0.00452. The Labute approximate surface area is 211 Å². The van der Waals surface area contributed by atoms with Crippen LogP contribution in [0.1, 0.15) is 24.8 Å². The van der Waals surface area contributed by atoms with Gasteiger partial charge < -0.3 is 24.0 Å². The number of carbonyl (C=O) groups is 1. The number of amides is 1. The van der Waals surface area contributed by atoms with Gasteiger partial charge in [0, 0.05) is 45.4 Å². The van der Waals surface area contributed by atoms with E-state index in [0.29, 0.717) is 18.5 Å². The van der Waals surface area contributed by atoms with Gasteiger partial charge >= 0.3 is 0 Å². The third-order valence-electron chi connectivity index (χ3n) is 6.19. The van der Waals surface area contributed by atoms with Crippen molar-refractivity contribution in [1.29, 1.82) is 5.26 Å². The zero-order valence-corrected chi connectivity index (χ0v) is 20.9. The SMILES string of the molecule is COC[C@@H](CO[C@H]1CCN(C2CCN(c3ccc(C#N)cn3)CC2)C1=O)Oc1cn[nH]c(=O)c1Br. The number of ether oxygens (including phenoxy) is 3. The van der Waals surface area contributed by atoms with Crippen LogP contribution in [-0.2, 0) is 14.3 Å². The van der Waals surface area contributed by atoms with Gasteiger partial charge in [-0.25, -0.2) is 10.1 Å². The summed E-state index contributed by atoms with van der Waals surface area (Å²) in [5.74, 6) is 1.13. The van der Waals surface area contributed by atoms with Crippen molar-refractivity contribution in [1.82, 2.24) is 20.1 Å². The highest BCUT2D eigenvalue weighted by Gasteiger charge is 2.38. The molecule has 1 amide bonds. The summed E-state index contributed by atoms with van der Waals surface area (Å²) in [6.45, 7) is 2.61. The molecule has 11 nitrogen and oxygen atoms in total. The summed E-state index contributed by atoms with van der Waals surface area (Å²) in [6.07, 6.45) is 4.25. The van der Waals surface area contributed by atoms with Crippen molar-refractivity contribution >= 4 is 27.7 Å². The third kappa shape index (κ3) is 5.98. The summed E-state index contributed by atoms with van der Waals surface area (Å²) >= 11 is 3.19. The number of halogens is 1. The molecule has 0 bridgehead atoms. The first kappa shape index (κ1) is 25.1. The summed E-state index contributed by atoms with van der Waals surface area (Å²) in [4.78, 5) is 33.3. The van der Waals surface area contributed by atoms with Crippen LogP contribution in [0, 0.1) is 11.3 Å². The molecule has 186 valence electrons.